The lowest BCUT2D eigenvalue weighted by molar-refractivity contribution is 0.0963. The Hall–Kier alpha value is -3.35. The molecule has 3 rings (SSSR count). The third-order valence-electron chi connectivity index (χ3n) is 5.38. The minimum Gasteiger partial charge on any atom is -0.494 e. The summed E-state index contributed by atoms with van der Waals surface area (Å²) in [4.78, 5) is 17.1. The minimum absolute atomic E-state index is 0.0187. The van der Waals surface area contributed by atoms with Gasteiger partial charge in [-0.2, -0.15) is 0 Å². The van der Waals surface area contributed by atoms with Gasteiger partial charge in [0.2, 0.25) is 0 Å². The van der Waals surface area contributed by atoms with Crippen LogP contribution in [0.2, 0.25) is 0 Å². The number of halogens is 1. The molecule has 0 fully saturated rings. The fourth-order valence-electron chi connectivity index (χ4n) is 3.45. The summed E-state index contributed by atoms with van der Waals surface area (Å²) in [6.07, 6.45) is 5.15. The predicted octanol–water partition coefficient (Wildman–Crippen LogP) is 5.91. The number of aryl methyl sites for hydroxylation is 1. The van der Waals surface area contributed by atoms with Crippen LogP contribution in [-0.2, 0) is 0 Å². The number of anilines is 2. The van der Waals surface area contributed by atoms with Gasteiger partial charge < -0.3 is 20.1 Å². The summed E-state index contributed by atoms with van der Waals surface area (Å²) in [5, 5.41) is 5.93. The van der Waals surface area contributed by atoms with Crippen molar-refractivity contribution in [2.75, 3.05) is 19.5 Å². The van der Waals surface area contributed by atoms with E-state index in [-0.39, 0.29) is 17.7 Å². The summed E-state index contributed by atoms with van der Waals surface area (Å²) < 4.78 is 26.1. The van der Waals surface area contributed by atoms with Gasteiger partial charge in [-0.15, -0.1) is 0 Å². The number of amides is 1. The molecule has 0 spiro atoms. The fraction of sp³-hybridized carbons (Fsp3) is 0.333. The number of hydrogen-bond donors (Lipinski definition) is 2. The van der Waals surface area contributed by atoms with Crippen LogP contribution in [-0.4, -0.2) is 25.0 Å². The van der Waals surface area contributed by atoms with Crippen LogP contribution in [0.3, 0.4) is 0 Å². The number of fused-ring (bicyclic) bond motifs is 2. The monoisotopic (exact) mass is 425 g/mol. The molecule has 0 bridgehead atoms. The lowest BCUT2D eigenvalue weighted by Gasteiger charge is -2.28. The molecular weight excluding hydrogens is 397 g/mol. The first-order chi connectivity index (χ1) is 14.8. The number of rotatable bonds is 6. The molecule has 164 valence electrons. The highest BCUT2D eigenvalue weighted by Crippen LogP contribution is 2.51. The van der Waals surface area contributed by atoms with Crippen molar-refractivity contribution in [3.8, 4) is 17.2 Å². The van der Waals surface area contributed by atoms with E-state index < -0.39 is 0 Å². The Morgan fingerprint density at radius 2 is 2.13 bits per heavy atom. The molecule has 1 aliphatic rings. The van der Waals surface area contributed by atoms with Gasteiger partial charge in [-0.05, 0) is 55.5 Å². The van der Waals surface area contributed by atoms with Crippen molar-refractivity contribution in [2.45, 2.75) is 34.1 Å². The number of hydrogen-bond acceptors (Lipinski definition) is 5. The number of nitrogens with zero attached hydrogens (tertiary/aromatic N) is 1. The standard InChI is InChI=1S/C24H28FN3O3/c1-7-14(4)16(11-15(25)8-2)20-23-21(17(12-27-20)24(29)26-5)28-22-18(30-6)9-13(3)10-19(22)31-23/h8-12,14,28H,7H2,1-6H3,(H,26,29)/b15-8+,16-11+. The second-order valence-electron chi connectivity index (χ2n) is 7.45. The Labute approximate surface area is 182 Å². The summed E-state index contributed by atoms with van der Waals surface area (Å²) >= 11 is 0. The third kappa shape index (κ3) is 4.26. The smallest absolute Gasteiger partial charge is 0.254 e. The first kappa shape index (κ1) is 22.3. The maximum absolute atomic E-state index is 14.3. The van der Waals surface area contributed by atoms with E-state index in [2.05, 4.69) is 15.6 Å². The van der Waals surface area contributed by atoms with Crippen LogP contribution in [0.25, 0.3) is 5.57 Å². The van der Waals surface area contributed by atoms with Crippen LogP contribution in [0.15, 0.2) is 36.3 Å². The number of ether oxygens (including phenoxy) is 2. The minimum atomic E-state index is -0.358. The summed E-state index contributed by atoms with van der Waals surface area (Å²) in [7, 11) is 3.13. The summed E-state index contributed by atoms with van der Waals surface area (Å²) in [6, 6.07) is 3.76. The van der Waals surface area contributed by atoms with Crippen molar-refractivity contribution < 1.29 is 18.7 Å². The molecule has 0 aliphatic carbocycles. The number of carbonyl (C=O) groups is 1. The van der Waals surface area contributed by atoms with E-state index in [1.807, 2.05) is 32.9 Å². The molecule has 6 nitrogen and oxygen atoms in total. The van der Waals surface area contributed by atoms with Gasteiger partial charge in [0.25, 0.3) is 5.91 Å². The van der Waals surface area contributed by atoms with E-state index in [1.165, 1.54) is 18.3 Å². The Kier molecular flexibility index (Phi) is 6.63. The number of pyridine rings is 1. The summed E-state index contributed by atoms with van der Waals surface area (Å²) in [5.41, 5.74) is 3.56. The summed E-state index contributed by atoms with van der Waals surface area (Å²) in [5.74, 6) is 0.885. The average molecular weight is 426 g/mol. The zero-order valence-electron chi connectivity index (χ0n) is 18.7. The first-order valence-electron chi connectivity index (χ1n) is 10.3. The van der Waals surface area contributed by atoms with Gasteiger partial charge in [-0.3, -0.25) is 9.78 Å². The molecule has 1 unspecified atom stereocenters. The lowest BCUT2D eigenvalue weighted by atomic mass is 9.92. The van der Waals surface area contributed by atoms with Crippen LogP contribution in [0.4, 0.5) is 15.8 Å². The Morgan fingerprint density at radius 1 is 1.39 bits per heavy atom. The number of methoxy groups -OCH3 is 1. The van der Waals surface area contributed by atoms with Crippen LogP contribution in [0.1, 0.15) is 48.8 Å². The highest BCUT2D eigenvalue weighted by Gasteiger charge is 2.30. The number of nitrogens with one attached hydrogen (secondary N) is 2. The molecule has 31 heavy (non-hydrogen) atoms. The van der Waals surface area contributed by atoms with Crippen molar-refractivity contribution in [3.05, 3.63) is 53.1 Å². The number of benzene rings is 1. The third-order valence-corrected chi connectivity index (χ3v) is 5.38. The van der Waals surface area contributed by atoms with Crippen LogP contribution in [0.5, 0.6) is 17.2 Å². The quantitative estimate of drug-likeness (QED) is 0.480. The number of carbonyl (C=O) groups excluding carboxylic acids is 1. The van der Waals surface area contributed by atoms with Crippen molar-refractivity contribution in [1.29, 1.82) is 0 Å². The Bertz CT molecular complexity index is 1080. The van der Waals surface area contributed by atoms with E-state index in [1.54, 1.807) is 21.1 Å². The van der Waals surface area contributed by atoms with Crippen LogP contribution >= 0.6 is 0 Å². The largest absolute Gasteiger partial charge is 0.494 e. The van der Waals surface area contributed by atoms with Crippen LogP contribution < -0.4 is 20.1 Å². The highest BCUT2D eigenvalue weighted by molar-refractivity contribution is 6.03. The van der Waals surface area contributed by atoms with Gasteiger partial charge in [0, 0.05) is 13.2 Å². The van der Waals surface area contributed by atoms with Crippen molar-refractivity contribution in [3.63, 3.8) is 0 Å². The fourth-order valence-corrected chi connectivity index (χ4v) is 3.45. The molecule has 2 N–H and O–H groups in total. The Balaban J connectivity index is 2.29. The predicted molar refractivity (Wildman–Crippen MR) is 121 cm³/mol. The Morgan fingerprint density at radius 3 is 2.74 bits per heavy atom. The number of allylic oxidation sites excluding steroid dienone is 4. The first-order valence-corrected chi connectivity index (χ1v) is 10.3. The zero-order chi connectivity index (χ0) is 22.7. The average Bonchev–Trinajstić information content (AvgIpc) is 2.78. The molecule has 1 amide bonds. The molecule has 1 aromatic heterocycles. The van der Waals surface area contributed by atoms with Crippen LogP contribution in [0, 0.1) is 12.8 Å². The topological polar surface area (TPSA) is 72.5 Å². The van der Waals surface area contributed by atoms with Gasteiger partial charge >= 0.3 is 0 Å². The maximum Gasteiger partial charge on any atom is 0.254 e. The van der Waals surface area contributed by atoms with Gasteiger partial charge in [-0.25, -0.2) is 4.39 Å². The molecular formula is C24H28FN3O3. The molecule has 1 atom stereocenters. The van der Waals surface area contributed by atoms with Crippen molar-refractivity contribution >= 4 is 22.9 Å². The maximum atomic E-state index is 14.3. The summed E-state index contributed by atoms with van der Waals surface area (Å²) in [6.45, 7) is 7.61. The molecule has 0 saturated carbocycles. The van der Waals surface area contributed by atoms with Crippen molar-refractivity contribution in [1.82, 2.24) is 10.3 Å². The van der Waals surface area contributed by atoms with Crippen molar-refractivity contribution in [2.24, 2.45) is 5.92 Å². The second-order valence-corrected chi connectivity index (χ2v) is 7.45. The van der Waals surface area contributed by atoms with E-state index in [0.717, 1.165) is 12.0 Å². The molecule has 0 radical (unpaired) electrons. The molecule has 2 heterocycles. The molecule has 0 saturated heterocycles. The SMILES string of the molecule is C/C=C(F)\C=C(\c1ncc(C(=O)NC)c2c1Oc1cc(C)cc(OC)c1N2)C(C)CC. The molecule has 7 heteroatoms. The highest BCUT2D eigenvalue weighted by atomic mass is 19.1. The van der Waals surface area contributed by atoms with E-state index in [4.69, 9.17) is 9.47 Å². The number of aromatic nitrogens is 1. The van der Waals surface area contributed by atoms with Gasteiger partial charge in [0.1, 0.15) is 23.0 Å². The molecule has 2 aromatic rings. The molecule has 1 aliphatic heterocycles. The van der Waals surface area contributed by atoms with Gasteiger partial charge in [-0.1, -0.05) is 19.9 Å². The molecule has 1 aromatic carbocycles. The van der Waals surface area contributed by atoms with Gasteiger partial charge in [0.15, 0.2) is 11.5 Å². The lowest BCUT2D eigenvalue weighted by Crippen LogP contribution is -2.21. The van der Waals surface area contributed by atoms with E-state index >= 15 is 0 Å². The van der Waals surface area contributed by atoms with E-state index in [0.29, 0.717) is 45.5 Å². The normalized spacial score (nSPS) is 14.0. The van der Waals surface area contributed by atoms with Gasteiger partial charge in [0.05, 0.1) is 18.4 Å². The second kappa shape index (κ2) is 9.20. The zero-order valence-corrected chi connectivity index (χ0v) is 18.7. The van der Waals surface area contributed by atoms with E-state index in [9.17, 15) is 9.18 Å².